The van der Waals surface area contributed by atoms with Gasteiger partial charge in [-0.1, -0.05) is 6.08 Å². The van der Waals surface area contributed by atoms with Crippen LogP contribution in [0.15, 0.2) is 12.2 Å². The maximum absolute atomic E-state index is 11.1. The van der Waals surface area contributed by atoms with E-state index in [1.165, 1.54) is 6.08 Å². The standard InChI is InChI=1S/C9H13NO4/c1-9(2,3)13-8(12)14-10-6-4-5-7(10)11/h4-5H,6H2,1-3H3. The van der Waals surface area contributed by atoms with Gasteiger partial charge in [-0.15, -0.1) is 0 Å². The molecule has 0 unspecified atom stereocenters. The van der Waals surface area contributed by atoms with E-state index in [0.717, 1.165) is 5.06 Å². The maximum atomic E-state index is 11.1. The summed E-state index contributed by atoms with van der Waals surface area (Å²) < 4.78 is 4.87. The van der Waals surface area contributed by atoms with Crippen LogP contribution in [0.3, 0.4) is 0 Å². The molecule has 78 valence electrons. The lowest BCUT2D eigenvalue weighted by Crippen LogP contribution is -2.33. The normalized spacial score (nSPS) is 15.9. The molecule has 5 heteroatoms. The van der Waals surface area contributed by atoms with E-state index in [2.05, 4.69) is 4.84 Å². The average molecular weight is 199 g/mol. The molecule has 0 saturated carbocycles. The van der Waals surface area contributed by atoms with E-state index < -0.39 is 11.8 Å². The van der Waals surface area contributed by atoms with Gasteiger partial charge in [0.25, 0.3) is 5.91 Å². The summed E-state index contributed by atoms with van der Waals surface area (Å²) in [6.07, 6.45) is 2.08. The molecule has 0 spiro atoms. The van der Waals surface area contributed by atoms with Crippen molar-refractivity contribution in [3.63, 3.8) is 0 Å². The first-order valence-electron chi connectivity index (χ1n) is 4.27. The van der Waals surface area contributed by atoms with Gasteiger partial charge in [-0.2, -0.15) is 5.06 Å². The van der Waals surface area contributed by atoms with E-state index in [0.29, 0.717) is 0 Å². The summed E-state index contributed by atoms with van der Waals surface area (Å²) in [5, 5.41) is 0.939. The Balaban J connectivity index is 2.38. The van der Waals surface area contributed by atoms with Crippen LogP contribution >= 0.6 is 0 Å². The second kappa shape index (κ2) is 3.69. The van der Waals surface area contributed by atoms with Gasteiger partial charge in [0.05, 0.1) is 6.54 Å². The van der Waals surface area contributed by atoms with Crippen molar-refractivity contribution in [1.82, 2.24) is 5.06 Å². The average Bonchev–Trinajstić information content (AvgIpc) is 2.32. The fourth-order valence-corrected chi connectivity index (χ4v) is 0.863. The van der Waals surface area contributed by atoms with Gasteiger partial charge in [0, 0.05) is 6.08 Å². The summed E-state index contributed by atoms with van der Waals surface area (Å²) in [6.45, 7) is 5.44. The molecule has 0 aromatic carbocycles. The molecular weight excluding hydrogens is 186 g/mol. The van der Waals surface area contributed by atoms with Crippen LogP contribution in [0, 0.1) is 0 Å². The Labute approximate surface area is 82.2 Å². The van der Waals surface area contributed by atoms with Crippen LogP contribution in [-0.4, -0.2) is 29.3 Å². The highest BCUT2D eigenvalue weighted by atomic mass is 16.8. The second-order valence-electron chi connectivity index (χ2n) is 3.86. The molecule has 0 aliphatic carbocycles. The van der Waals surface area contributed by atoms with Crippen molar-refractivity contribution in [2.75, 3.05) is 6.54 Å². The highest BCUT2D eigenvalue weighted by molar-refractivity contribution is 5.89. The van der Waals surface area contributed by atoms with Crippen molar-refractivity contribution in [1.29, 1.82) is 0 Å². The van der Waals surface area contributed by atoms with Crippen LogP contribution in [0.5, 0.6) is 0 Å². The summed E-state index contributed by atoms with van der Waals surface area (Å²) in [7, 11) is 0. The van der Waals surface area contributed by atoms with Crippen LogP contribution < -0.4 is 0 Å². The molecule has 1 rings (SSSR count). The molecule has 0 atom stereocenters. The van der Waals surface area contributed by atoms with Crippen molar-refractivity contribution in [3.8, 4) is 0 Å². The topological polar surface area (TPSA) is 55.8 Å². The van der Waals surface area contributed by atoms with Crippen molar-refractivity contribution in [2.24, 2.45) is 0 Å². The molecule has 0 saturated heterocycles. The van der Waals surface area contributed by atoms with Gasteiger partial charge in [-0.25, -0.2) is 4.79 Å². The van der Waals surface area contributed by atoms with Gasteiger partial charge in [0.1, 0.15) is 5.60 Å². The van der Waals surface area contributed by atoms with Crippen molar-refractivity contribution in [2.45, 2.75) is 26.4 Å². The zero-order valence-corrected chi connectivity index (χ0v) is 8.44. The molecule has 0 bridgehead atoms. The van der Waals surface area contributed by atoms with E-state index in [-0.39, 0.29) is 12.5 Å². The Hall–Kier alpha value is -1.52. The molecule has 0 aromatic rings. The SMILES string of the molecule is CC(C)(C)OC(=O)ON1CC=CC1=O. The smallest absolute Gasteiger partial charge is 0.427 e. The number of carbonyl (C=O) groups is 2. The number of ether oxygens (including phenoxy) is 1. The van der Waals surface area contributed by atoms with Crippen molar-refractivity contribution < 1.29 is 19.2 Å². The first kappa shape index (κ1) is 10.6. The van der Waals surface area contributed by atoms with E-state index in [9.17, 15) is 9.59 Å². The number of hydrogen-bond donors (Lipinski definition) is 0. The summed E-state index contributed by atoms with van der Waals surface area (Å²) >= 11 is 0. The summed E-state index contributed by atoms with van der Waals surface area (Å²) in [6, 6.07) is 0. The molecule has 0 N–H and O–H groups in total. The monoisotopic (exact) mass is 199 g/mol. The number of amides is 1. The molecule has 0 aromatic heterocycles. The van der Waals surface area contributed by atoms with Gasteiger partial charge in [0.2, 0.25) is 0 Å². The molecule has 1 amide bonds. The van der Waals surface area contributed by atoms with Crippen LogP contribution in [-0.2, 0) is 14.4 Å². The maximum Gasteiger partial charge on any atom is 0.534 e. The number of hydroxylamine groups is 2. The van der Waals surface area contributed by atoms with Crippen LogP contribution in [0.1, 0.15) is 20.8 Å². The minimum Gasteiger partial charge on any atom is -0.427 e. The van der Waals surface area contributed by atoms with E-state index in [4.69, 9.17) is 4.74 Å². The predicted octanol–water partition coefficient (Wildman–Crippen LogP) is 1.25. The Morgan fingerprint density at radius 2 is 2.14 bits per heavy atom. The quantitative estimate of drug-likeness (QED) is 0.596. The first-order valence-corrected chi connectivity index (χ1v) is 4.27. The first-order chi connectivity index (χ1) is 6.38. The molecule has 1 aliphatic rings. The Kier molecular flexibility index (Phi) is 2.78. The van der Waals surface area contributed by atoms with Crippen LogP contribution in [0.2, 0.25) is 0 Å². The number of nitrogens with zero attached hydrogens (tertiary/aromatic N) is 1. The third-order valence-corrected chi connectivity index (χ3v) is 1.35. The van der Waals surface area contributed by atoms with Gasteiger partial charge < -0.3 is 9.57 Å². The van der Waals surface area contributed by atoms with Crippen molar-refractivity contribution in [3.05, 3.63) is 12.2 Å². The van der Waals surface area contributed by atoms with E-state index in [1.54, 1.807) is 26.8 Å². The summed E-state index contributed by atoms with van der Waals surface area (Å²) in [4.78, 5) is 26.7. The number of rotatable bonds is 1. The van der Waals surface area contributed by atoms with Crippen LogP contribution in [0.4, 0.5) is 4.79 Å². The highest BCUT2D eigenvalue weighted by Crippen LogP contribution is 2.10. The number of hydrogen-bond acceptors (Lipinski definition) is 4. The Morgan fingerprint density at radius 1 is 1.50 bits per heavy atom. The van der Waals surface area contributed by atoms with Crippen LogP contribution in [0.25, 0.3) is 0 Å². The lowest BCUT2D eigenvalue weighted by atomic mass is 10.2. The lowest BCUT2D eigenvalue weighted by molar-refractivity contribution is -0.166. The van der Waals surface area contributed by atoms with Gasteiger partial charge >= 0.3 is 6.16 Å². The minimum atomic E-state index is -0.866. The Morgan fingerprint density at radius 3 is 2.57 bits per heavy atom. The fraction of sp³-hybridized carbons (Fsp3) is 0.556. The predicted molar refractivity (Wildman–Crippen MR) is 48.2 cm³/mol. The zero-order chi connectivity index (χ0) is 10.8. The van der Waals surface area contributed by atoms with Gasteiger partial charge in [-0.3, -0.25) is 4.79 Å². The molecule has 5 nitrogen and oxygen atoms in total. The number of carbonyl (C=O) groups excluding carboxylic acids is 2. The highest BCUT2D eigenvalue weighted by Gasteiger charge is 2.24. The fourth-order valence-electron chi connectivity index (χ4n) is 0.863. The Bertz CT molecular complexity index is 277. The molecule has 0 radical (unpaired) electrons. The van der Waals surface area contributed by atoms with Gasteiger partial charge in [-0.05, 0) is 20.8 Å². The van der Waals surface area contributed by atoms with Gasteiger partial charge in [0.15, 0.2) is 0 Å². The zero-order valence-electron chi connectivity index (χ0n) is 8.44. The molecule has 0 fully saturated rings. The van der Waals surface area contributed by atoms with Crippen molar-refractivity contribution >= 4 is 12.1 Å². The summed E-state index contributed by atoms with van der Waals surface area (Å²) in [5.41, 5.74) is -0.618. The third kappa shape index (κ3) is 3.08. The molecule has 1 aliphatic heterocycles. The largest absolute Gasteiger partial charge is 0.534 e. The molecule has 14 heavy (non-hydrogen) atoms. The minimum absolute atomic E-state index is 0.276. The second-order valence-corrected chi connectivity index (χ2v) is 3.86. The molecular formula is C9H13NO4. The van der Waals surface area contributed by atoms with E-state index >= 15 is 0 Å². The summed E-state index contributed by atoms with van der Waals surface area (Å²) in [5.74, 6) is -0.351. The third-order valence-electron chi connectivity index (χ3n) is 1.35. The lowest BCUT2D eigenvalue weighted by Gasteiger charge is -2.21. The van der Waals surface area contributed by atoms with E-state index in [1.807, 2.05) is 0 Å². The molecule has 1 heterocycles.